The van der Waals surface area contributed by atoms with Gasteiger partial charge in [0.25, 0.3) is 0 Å². The van der Waals surface area contributed by atoms with Crippen LogP contribution in [0.2, 0.25) is 0 Å². The lowest BCUT2D eigenvalue weighted by molar-refractivity contribution is -0.115. The molecule has 0 saturated carbocycles. The fourth-order valence-electron chi connectivity index (χ4n) is 1.57. The molecular formula is C12H16O2. The molecule has 1 aliphatic rings. The molecule has 0 bridgehead atoms. The summed E-state index contributed by atoms with van der Waals surface area (Å²) in [5.74, 6) is 0.176. The Kier molecular flexibility index (Phi) is 3.84. The fourth-order valence-corrected chi connectivity index (χ4v) is 1.57. The minimum atomic E-state index is -0.0206. The van der Waals surface area contributed by atoms with E-state index in [1.807, 2.05) is 38.2 Å². The third-order valence-corrected chi connectivity index (χ3v) is 2.43. The van der Waals surface area contributed by atoms with Crippen LogP contribution < -0.4 is 0 Å². The highest BCUT2D eigenvalue weighted by Crippen LogP contribution is 2.25. The number of allylic oxidation sites excluding steroid dienone is 5. The number of rotatable bonds is 3. The first kappa shape index (κ1) is 10.9. The van der Waals surface area contributed by atoms with Crippen molar-refractivity contribution >= 4 is 5.78 Å². The minimum Gasteiger partial charge on any atom is -0.377 e. The third-order valence-electron chi connectivity index (χ3n) is 2.43. The summed E-state index contributed by atoms with van der Waals surface area (Å²) in [6.45, 7) is 3.90. The number of ketones is 1. The van der Waals surface area contributed by atoms with Gasteiger partial charge in [-0.2, -0.15) is 0 Å². The van der Waals surface area contributed by atoms with Gasteiger partial charge in [0.1, 0.15) is 0 Å². The van der Waals surface area contributed by atoms with Crippen LogP contribution in [0.3, 0.4) is 0 Å². The summed E-state index contributed by atoms with van der Waals surface area (Å²) in [7, 11) is 1.64. The molecule has 0 aromatic rings. The molecule has 1 unspecified atom stereocenters. The zero-order valence-corrected chi connectivity index (χ0v) is 8.91. The number of methoxy groups -OCH3 is 1. The van der Waals surface area contributed by atoms with Gasteiger partial charge < -0.3 is 4.74 Å². The number of hydrogen-bond acceptors (Lipinski definition) is 2. The Bertz CT molecular complexity index is 308. The van der Waals surface area contributed by atoms with Crippen molar-refractivity contribution in [3.8, 4) is 0 Å². The van der Waals surface area contributed by atoms with E-state index in [-0.39, 0.29) is 11.9 Å². The van der Waals surface area contributed by atoms with Crippen LogP contribution in [0, 0.1) is 0 Å². The Hall–Kier alpha value is -1.15. The smallest absolute Gasteiger partial charge is 0.165 e. The van der Waals surface area contributed by atoms with Gasteiger partial charge >= 0.3 is 0 Å². The monoisotopic (exact) mass is 192 g/mol. The summed E-state index contributed by atoms with van der Waals surface area (Å²) >= 11 is 0. The zero-order chi connectivity index (χ0) is 10.6. The highest BCUT2D eigenvalue weighted by molar-refractivity contribution is 6.02. The lowest BCUT2D eigenvalue weighted by Crippen LogP contribution is -2.08. The molecule has 0 aliphatic heterocycles. The molecule has 76 valence electrons. The average molecular weight is 192 g/mol. The van der Waals surface area contributed by atoms with Gasteiger partial charge in [-0.05, 0) is 19.4 Å². The molecule has 2 nitrogen and oxygen atoms in total. The molecular weight excluding hydrogens is 176 g/mol. The first-order chi connectivity index (χ1) is 6.70. The molecule has 0 N–H and O–H groups in total. The predicted octanol–water partition coefficient (Wildman–Crippen LogP) is 2.42. The SMILES string of the molecule is C/C=C/C=C/C1=C(C)C(OC)CC1=O. The van der Waals surface area contributed by atoms with E-state index in [1.165, 1.54) is 0 Å². The molecule has 14 heavy (non-hydrogen) atoms. The summed E-state index contributed by atoms with van der Waals surface area (Å²) in [6.07, 6.45) is 8.05. The summed E-state index contributed by atoms with van der Waals surface area (Å²) in [4.78, 5) is 11.5. The molecule has 1 aliphatic carbocycles. The van der Waals surface area contributed by atoms with E-state index in [0.717, 1.165) is 11.1 Å². The lowest BCUT2D eigenvalue weighted by atomic mass is 10.1. The second-order valence-electron chi connectivity index (χ2n) is 3.33. The van der Waals surface area contributed by atoms with Gasteiger partial charge in [-0.25, -0.2) is 0 Å². The topological polar surface area (TPSA) is 26.3 Å². The maximum absolute atomic E-state index is 11.5. The number of ether oxygens (including phenoxy) is 1. The highest BCUT2D eigenvalue weighted by atomic mass is 16.5. The van der Waals surface area contributed by atoms with Crippen LogP contribution >= 0.6 is 0 Å². The third kappa shape index (κ3) is 2.20. The van der Waals surface area contributed by atoms with Gasteiger partial charge in [-0.3, -0.25) is 4.79 Å². The van der Waals surface area contributed by atoms with Gasteiger partial charge in [0.2, 0.25) is 0 Å². The molecule has 0 amide bonds. The average Bonchev–Trinajstić information content (AvgIpc) is 2.45. The van der Waals surface area contributed by atoms with Crippen LogP contribution in [0.25, 0.3) is 0 Å². The van der Waals surface area contributed by atoms with E-state index in [2.05, 4.69) is 0 Å². The van der Waals surface area contributed by atoms with Gasteiger partial charge in [-0.15, -0.1) is 0 Å². The van der Waals surface area contributed by atoms with Crippen LogP contribution in [0.15, 0.2) is 35.5 Å². The van der Waals surface area contributed by atoms with E-state index in [4.69, 9.17) is 4.74 Å². The molecule has 2 heteroatoms. The quantitative estimate of drug-likeness (QED) is 0.642. The van der Waals surface area contributed by atoms with Crippen LogP contribution in [0.5, 0.6) is 0 Å². The van der Waals surface area contributed by atoms with Crippen molar-refractivity contribution in [3.05, 3.63) is 35.5 Å². The standard InChI is InChI=1S/C12H16O2/c1-4-5-6-7-10-9(2)12(14-3)8-11(10)13/h4-7,12H,8H2,1-3H3/b5-4+,7-6+. The first-order valence-electron chi connectivity index (χ1n) is 4.76. The molecule has 0 saturated heterocycles. The zero-order valence-electron chi connectivity index (χ0n) is 8.91. The minimum absolute atomic E-state index is 0.0206. The maximum Gasteiger partial charge on any atom is 0.165 e. The van der Waals surface area contributed by atoms with Crippen LogP contribution in [-0.2, 0) is 9.53 Å². The Morgan fingerprint density at radius 2 is 2.14 bits per heavy atom. The summed E-state index contributed by atoms with van der Waals surface area (Å²) in [5.41, 5.74) is 1.84. The van der Waals surface area contributed by atoms with Crippen molar-refractivity contribution in [2.75, 3.05) is 7.11 Å². The molecule has 0 aromatic carbocycles. The van der Waals surface area contributed by atoms with Crippen LogP contribution in [0.1, 0.15) is 20.3 Å². The van der Waals surface area contributed by atoms with Crippen molar-refractivity contribution in [2.45, 2.75) is 26.4 Å². The van der Waals surface area contributed by atoms with E-state index < -0.39 is 0 Å². The highest BCUT2D eigenvalue weighted by Gasteiger charge is 2.27. The predicted molar refractivity (Wildman–Crippen MR) is 57.1 cm³/mol. The lowest BCUT2D eigenvalue weighted by Gasteiger charge is -2.06. The Morgan fingerprint density at radius 1 is 1.43 bits per heavy atom. The van der Waals surface area contributed by atoms with Crippen molar-refractivity contribution in [1.82, 2.24) is 0 Å². The number of Topliss-reactive ketones (excluding diaryl/α,β-unsaturated/α-hetero) is 1. The van der Waals surface area contributed by atoms with Crippen molar-refractivity contribution in [2.24, 2.45) is 0 Å². The van der Waals surface area contributed by atoms with E-state index in [0.29, 0.717) is 6.42 Å². The van der Waals surface area contributed by atoms with Gasteiger partial charge in [0.05, 0.1) is 6.10 Å². The fraction of sp³-hybridized carbons (Fsp3) is 0.417. The number of hydrogen-bond donors (Lipinski definition) is 0. The molecule has 1 rings (SSSR count). The normalized spacial score (nSPS) is 23.4. The van der Waals surface area contributed by atoms with E-state index >= 15 is 0 Å². The number of carbonyl (C=O) groups is 1. The molecule has 0 aromatic heterocycles. The van der Waals surface area contributed by atoms with Gasteiger partial charge in [-0.1, -0.05) is 24.3 Å². The Morgan fingerprint density at radius 3 is 2.64 bits per heavy atom. The molecule has 0 radical (unpaired) electrons. The van der Waals surface area contributed by atoms with Crippen molar-refractivity contribution < 1.29 is 9.53 Å². The van der Waals surface area contributed by atoms with Crippen molar-refractivity contribution in [3.63, 3.8) is 0 Å². The Labute approximate surface area is 85.0 Å². The molecule has 1 atom stereocenters. The summed E-state index contributed by atoms with van der Waals surface area (Å²) < 4.78 is 5.20. The van der Waals surface area contributed by atoms with E-state index in [9.17, 15) is 4.79 Å². The summed E-state index contributed by atoms with van der Waals surface area (Å²) in [5, 5.41) is 0. The summed E-state index contributed by atoms with van der Waals surface area (Å²) in [6, 6.07) is 0. The van der Waals surface area contributed by atoms with Gasteiger partial charge in [0.15, 0.2) is 5.78 Å². The first-order valence-corrected chi connectivity index (χ1v) is 4.76. The second-order valence-corrected chi connectivity index (χ2v) is 3.33. The largest absolute Gasteiger partial charge is 0.377 e. The molecule has 0 heterocycles. The molecule has 0 spiro atoms. The second kappa shape index (κ2) is 4.91. The Balaban J connectivity index is 2.84. The van der Waals surface area contributed by atoms with E-state index in [1.54, 1.807) is 7.11 Å². The van der Waals surface area contributed by atoms with Crippen LogP contribution in [-0.4, -0.2) is 19.0 Å². The van der Waals surface area contributed by atoms with Crippen LogP contribution in [0.4, 0.5) is 0 Å². The molecule has 0 fully saturated rings. The number of carbonyl (C=O) groups excluding carboxylic acids is 1. The van der Waals surface area contributed by atoms with Gasteiger partial charge in [0, 0.05) is 19.1 Å². The van der Waals surface area contributed by atoms with Crippen molar-refractivity contribution in [1.29, 1.82) is 0 Å². The maximum atomic E-state index is 11.5.